The second kappa shape index (κ2) is 9.89. The molecule has 0 aliphatic carbocycles. The Morgan fingerprint density at radius 3 is 2.32 bits per heavy atom. The maximum Gasteiger partial charge on any atom is 0.251 e. The first-order valence-electron chi connectivity index (χ1n) is 10.4. The average molecular weight is 441 g/mol. The number of H-pyrrole nitrogens is 1. The predicted molar refractivity (Wildman–Crippen MR) is 121 cm³/mol. The van der Waals surface area contributed by atoms with Crippen molar-refractivity contribution in [2.75, 3.05) is 0 Å². The van der Waals surface area contributed by atoms with Crippen LogP contribution in [0.4, 0.5) is 0 Å². The number of sulfonamides is 1. The summed E-state index contributed by atoms with van der Waals surface area (Å²) >= 11 is 0. The number of hydrogen-bond donors (Lipinski definition) is 3. The number of aromatic amines is 1. The molecular weight excluding hydrogens is 412 g/mol. The van der Waals surface area contributed by atoms with E-state index in [1.54, 1.807) is 6.20 Å². The van der Waals surface area contributed by atoms with Crippen molar-refractivity contribution in [2.24, 2.45) is 0 Å². The predicted octanol–water partition coefficient (Wildman–Crippen LogP) is 4.03. The SMILES string of the molecule is CCC(C)NS(=O)(=O)c1ccc(C(=O)NC(CC)c2ncc(-c3ccccc3)[nH]2)cc1. The molecule has 0 aliphatic rings. The average Bonchev–Trinajstić information content (AvgIpc) is 3.27. The quantitative estimate of drug-likeness (QED) is 0.467. The number of rotatable bonds is 9. The van der Waals surface area contributed by atoms with Crippen LogP contribution in [0.2, 0.25) is 0 Å². The zero-order valence-corrected chi connectivity index (χ0v) is 18.7. The molecule has 0 radical (unpaired) electrons. The molecule has 0 bridgehead atoms. The number of nitrogens with zero attached hydrogens (tertiary/aromatic N) is 1. The minimum atomic E-state index is -3.61. The van der Waals surface area contributed by atoms with Crippen LogP contribution < -0.4 is 10.0 Å². The second-order valence-corrected chi connectivity index (χ2v) is 9.15. The highest BCUT2D eigenvalue weighted by molar-refractivity contribution is 7.89. The van der Waals surface area contributed by atoms with Crippen molar-refractivity contribution < 1.29 is 13.2 Å². The Hall–Kier alpha value is -2.97. The molecule has 2 atom stereocenters. The van der Waals surface area contributed by atoms with E-state index in [0.29, 0.717) is 24.2 Å². The lowest BCUT2D eigenvalue weighted by molar-refractivity contribution is 0.0933. The van der Waals surface area contributed by atoms with E-state index in [1.165, 1.54) is 24.3 Å². The zero-order chi connectivity index (χ0) is 22.4. The zero-order valence-electron chi connectivity index (χ0n) is 17.9. The second-order valence-electron chi connectivity index (χ2n) is 7.44. The third-order valence-electron chi connectivity index (χ3n) is 5.12. The Kier molecular flexibility index (Phi) is 7.25. The van der Waals surface area contributed by atoms with Gasteiger partial charge in [-0.1, -0.05) is 44.2 Å². The maximum absolute atomic E-state index is 12.7. The van der Waals surface area contributed by atoms with Crippen LogP contribution in [-0.4, -0.2) is 30.3 Å². The molecule has 7 nitrogen and oxygen atoms in total. The van der Waals surface area contributed by atoms with Gasteiger partial charge in [-0.3, -0.25) is 4.79 Å². The van der Waals surface area contributed by atoms with Crippen molar-refractivity contribution in [1.82, 2.24) is 20.0 Å². The molecule has 3 rings (SSSR count). The lowest BCUT2D eigenvalue weighted by Crippen LogP contribution is -2.32. The fraction of sp³-hybridized carbons (Fsp3) is 0.304. The van der Waals surface area contributed by atoms with Gasteiger partial charge in [0.2, 0.25) is 10.0 Å². The molecule has 164 valence electrons. The molecule has 0 aliphatic heterocycles. The van der Waals surface area contributed by atoms with Crippen LogP contribution in [0, 0.1) is 0 Å². The molecule has 1 amide bonds. The van der Waals surface area contributed by atoms with E-state index < -0.39 is 10.0 Å². The van der Waals surface area contributed by atoms with Crippen molar-refractivity contribution in [2.45, 2.75) is 50.6 Å². The molecule has 0 fully saturated rings. The van der Waals surface area contributed by atoms with Crippen LogP contribution in [0.3, 0.4) is 0 Å². The molecule has 1 heterocycles. The Morgan fingerprint density at radius 1 is 1.03 bits per heavy atom. The van der Waals surface area contributed by atoms with Crippen molar-refractivity contribution in [1.29, 1.82) is 0 Å². The summed E-state index contributed by atoms with van der Waals surface area (Å²) in [5, 5.41) is 2.97. The molecule has 2 unspecified atom stereocenters. The molecule has 8 heteroatoms. The first-order chi connectivity index (χ1) is 14.8. The first-order valence-corrected chi connectivity index (χ1v) is 11.9. The van der Waals surface area contributed by atoms with Crippen LogP contribution >= 0.6 is 0 Å². The molecule has 31 heavy (non-hydrogen) atoms. The van der Waals surface area contributed by atoms with Crippen molar-refractivity contribution in [3.8, 4) is 11.3 Å². The molecular formula is C23H28N4O3S. The Labute approximate surface area is 183 Å². The molecule has 0 saturated carbocycles. The number of nitrogens with one attached hydrogen (secondary N) is 3. The molecule has 0 spiro atoms. The molecule has 0 saturated heterocycles. The van der Waals surface area contributed by atoms with Crippen LogP contribution in [-0.2, 0) is 10.0 Å². The first kappa shape index (κ1) is 22.7. The van der Waals surface area contributed by atoms with Gasteiger partial charge in [-0.05, 0) is 49.6 Å². The van der Waals surface area contributed by atoms with Crippen LogP contribution in [0.1, 0.15) is 55.8 Å². The van der Waals surface area contributed by atoms with E-state index in [9.17, 15) is 13.2 Å². The number of hydrogen-bond acceptors (Lipinski definition) is 4. The highest BCUT2D eigenvalue weighted by atomic mass is 32.2. The highest BCUT2D eigenvalue weighted by Gasteiger charge is 2.20. The van der Waals surface area contributed by atoms with E-state index in [0.717, 1.165) is 11.3 Å². The van der Waals surface area contributed by atoms with E-state index >= 15 is 0 Å². The van der Waals surface area contributed by atoms with E-state index in [2.05, 4.69) is 20.0 Å². The van der Waals surface area contributed by atoms with Gasteiger partial charge in [-0.15, -0.1) is 0 Å². The van der Waals surface area contributed by atoms with Crippen LogP contribution in [0.15, 0.2) is 65.7 Å². The summed E-state index contributed by atoms with van der Waals surface area (Å²) in [5.74, 6) is 0.384. The fourth-order valence-electron chi connectivity index (χ4n) is 3.09. The van der Waals surface area contributed by atoms with Crippen LogP contribution in [0.25, 0.3) is 11.3 Å². The van der Waals surface area contributed by atoms with Gasteiger partial charge in [0.1, 0.15) is 5.82 Å². The number of amides is 1. The summed E-state index contributed by atoms with van der Waals surface area (Å²) in [6, 6.07) is 15.3. The summed E-state index contributed by atoms with van der Waals surface area (Å²) in [6.07, 6.45) is 3.10. The van der Waals surface area contributed by atoms with Gasteiger partial charge in [-0.25, -0.2) is 18.1 Å². The number of carbonyl (C=O) groups is 1. The molecule has 3 N–H and O–H groups in total. The highest BCUT2D eigenvalue weighted by Crippen LogP contribution is 2.21. The number of aromatic nitrogens is 2. The number of benzene rings is 2. The van der Waals surface area contributed by atoms with Crippen LogP contribution in [0.5, 0.6) is 0 Å². The lowest BCUT2D eigenvalue weighted by Gasteiger charge is -2.15. The Morgan fingerprint density at radius 2 is 1.71 bits per heavy atom. The summed E-state index contributed by atoms with van der Waals surface area (Å²) in [5.41, 5.74) is 2.28. The fourth-order valence-corrected chi connectivity index (χ4v) is 4.41. The maximum atomic E-state index is 12.7. The van der Waals surface area contributed by atoms with Gasteiger partial charge in [-0.2, -0.15) is 0 Å². The summed E-state index contributed by atoms with van der Waals surface area (Å²) in [4.78, 5) is 20.6. The van der Waals surface area contributed by atoms with Crippen molar-refractivity contribution >= 4 is 15.9 Å². The Balaban J connectivity index is 1.71. The van der Waals surface area contributed by atoms with Gasteiger partial charge in [0.15, 0.2) is 0 Å². The van der Waals surface area contributed by atoms with Gasteiger partial charge in [0, 0.05) is 11.6 Å². The van der Waals surface area contributed by atoms with E-state index in [1.807, 2.05) is 51.1 Å². The van der Waals surface area contributed by atoms with Gasteiger partial charge >= 0.3 is 0 Å². The molecule has 3 aromatic rings. The number of imidazole rings is 1. The smallest absolute Gasteiger partial charge is 0.251 e. The molecule has 1 aromatic heterocycles. The third-order valence-corrected chi connectivity index (χ3v) is 6.72. The minimum Gasteiger partial charge on any atom is -0.342 e. The monoisotopic (exact) mass is 440 g/mol. The topological polar surface area (TPSA) is 104 Å². The summed E-state index contributed by atoms with van der Waals surface area (Å²) in [6.45, 7) is 5.68. The van der Waals surface area contributed by atoms with Gasteiger partial charge in [0.05, 0.1) is 22.8 Å². The summed E-state index contributed by atoms with van der Waals surface area (Å²) in [7, 11) is -3.61. The van der Waals surface area contributed by atoms with Gasteiger partial charge in [0.25, 0.3) is 5.91 Å². The van der Waals surface area contributed by atoms with Gasteiger partial charge < -0.3 is 10.3 Å². The van der Waals surface area contributed by atoms with Crippen molar-refractivity contribution in [3.05, 3.63) is 72.2 Å². The van der Waals surface area contributed by atoms with Crippen molar-refractivity contribution in [3.63, 3.8) is 0 Å². The van der Waals surface area contributed by atoms with E-state index in [4.69, 9.17) is 0 Å². The molecule has 2 aromatic carbocycles. The normalized spacial score (nSPS) is 13.5. The standard InChI is InChI=1S/C23H28N4O3S/c1-4-16(3)27-31(29,30)19-13-11-18(12-14-19)23(28)26-20(5-2)22-24-15-21(25-22)17-9-7-6-8-10-17/h6-16,20,27H,4-5H2,1-3H3,(H,24,25)(H,26,28). The lowest BCUT2D eigenvalue weighted by atomic mass is 10.1. The Bertz CT molecular complexity index is 1110. The number of carbonyl (C=O) groups excluding carboxylic acids is 1. The minimum absolute atomic E-state index is 0.134. The summed E-state index contributed by atoms with van der Waals surface area (Å²) < 4.78 is 27.4. The van der Waals surface area contributed by atoms with E-state index in [-0.39, 0.29) is 22.9 Å². The largest absolute Gasteiger partial charge is 0.342 e. The third kappa shape index (κ3) is 5.59.